The van der Waals surface area contributed by atoms with E-state index in [9.17, 15) is 86.3 Å². The van der Waals surface area contributed by atoms with Crippen LogP contribution in [0.25, 0.3) is 0 Å². The Kier molecular flexibility index (Phi) is 82.1. The van der Waals surface area contributed by atoms with Gasteiger partial charge in [-0.1, -0.05) is 78.9 Å². The molecule has 0 aromatic carbocycles. The molecule has 2 rings (SSSR count). The van der Waals surface area contributed by atoms with Gasteiger partial charge in [0.15, 0.2) is 0 Å². The van der Waals surface area contributed by atoms with Crippen LogP contribution in [0.3, 0.4) is 0 Å². The van der Waals surface area contributed by atoms with Crippen LogP contribution in [0.2, 0.25) is 0 Å². The smallest absolute Gasteiger partial charge is 0.336 e. The molecule has 0 bridgehead atoms. The quantitative estimate of drug-likeness (QED) is 0.0334. The van der Waals surface area contributed by atoms with Crippen molar-refractivity contribution >= 4 is 71.6 Å². The first-order chi connectivity index (χ1) is 66.4. The van der Waals surface area contributed by atoms with Crippen molar-refractivity contribution in [3.8, 4) is 0 Å². The lowest BCUT2D eigenvalue weighted by Gasteiger charge is -2.18. The molecule has 138 heavy (non-hydrogen) atoms. The van der Waals surface area contributed by atoms with Crippen LogP contribution in [-0.2, 0) is 196 Å². The normalized spacial score (nSPS) is 10.5. The topological polar surface area (TPSA) is 591 Å². The average Bonchev–Trinajstić information content (AvgIpc) is 0.788. The van der Waals surface area contributed by atoms with E-state index in [1.54, 1.807) is 0 Å². The van der Waals surface area contributed by atoms with E-state index in [0.29, 0.717) is 171 Å². The number of ether oxygens (including phenoxy) is 21. The Morgan fingerprint density at radius 1 is 0.196 bits per heavy atom. The van der Waals surface area contributed by atoms with Crippen LogP contribution in [-0.4, -0.2) is 331 Å². The van der Waals surface area contributed by atoms with E-state index in [0.717, 1.165) is 72.9 Å². The maximum atomic E-state index is 12.6. The summed E-state index contributed by atoms with van der Waals surface area (Å²) in [5.74, 6) is -7.01. The zero-order chi connectivity index (χ0) is 104. The van der Waals surface area contributed by atoms with Gasteiger partial charge in [0.2, 0.25) is 0 Å². The van der Waals surface area contributed by atoms with Crippen LogP contribution in [0.5, 0.6) is 0 Å². The third-order valence-corrected chi connectivity index (χ3v) is 16.0. The van der Waals surface area contributed by atoms with Crippen molar-refractivity contribution in [1.82, 2.24) is 27.4 Å². The molecule has 0 saturated carbocycles. The number of hydrogen-bond acceptors (Lipinski definition) is 42. The van der Waals surface area contributed by atoms with Gasteiger partial charge in [-0.15, -0.1) is 0 Å². The minimum atomic E-state index is -0.992. The number of aliphatic hydroxyl groups excluding tert-OH is 3. The summed E-state index contributed by atoms with van der Waals surface area (Å²) in [7, 11) is 0. The highest BCUT2D eigenvalue weighted by molar-refractivity contribution is 5.85. The van der Waals surface area contributed by atoms with Gasteiger partial charge in [-0.25, -0.2) is 114 Å². The van der Waals surface area contributed by atoms with Gasteiger partial charge in [-0.05, 0) is 12.8 Å². The molecule has 2 heterocycles. The van der Waals surface area contributed by atoms with Crippen LogP contribution >= 0.6 is 0 Å². The molecule has 0 aliphatic rings. The summed E-state index contributed by atoms with van der Waals surface area (Å²) in [6.45, 7) is 42.5. The van der Waals surface area contributed by atoms with Gasteiger partial charge in [-0.3, -0.25) is 0 Å². The minimum Gasteiger partial charge on any atom is -0.462 e. The Balaban J connectivity index is -0.00000165. The predicted octanol–water partition coefficient (Wildman–Crippen LogP) is -0.204. The van der Waals surface area contributed by atoms with Crippen molar-refractivity contribution in [3.05, 3.63) is 215 Å². The van der Waals surface area contributed by atoms with Crippen LogP contribution in [0.4, 0.5) is 0 Å². The molecule has 0 amide bonds. The molecular formula is C90H132N6O42. The molecule has 0 radical (unpaired) electrons. The van der Waals surface area contributed by atoms with Gasteiger partial charge in [0.05, 0.1) is 145 Å². The van der Waals surface area contributed by atoms with E-state index in [2.05, 4.69) is 78.9 Å². The van der Waals surface area contributed by atoms with E-state index in [1.165, 1.54) is 0 Å². The van der Waals surface area contributed by atoms with Crippen molar-refractivity contribution in [2.24, 2.45) is 0 Å². The summed E-state index contributed by atoms with van der Waals surface area (Å²) in [6, 6.07) is 0. The van der Waals surface area contributed by atoms with Gasteiger partial charge in [0.1, 0.15) is 51.3 Å². The zero-order valence-electron chi connectivity index (χ0n) is 77.9. The fourth-order valence-electron chi connectivity index (χ4n) is 9.34. The maximum absolute atomic E-state index is 12.6. The third kappa shape index (κ3) is 67.9. The lowest BCUT2D eigenvalue weighted by atomic mass is 10.4. The molecule has 48 nitrogen and oxygen atoms in total. The van der Waals surface area contributed by atoms with E-state index in [-0.39, 0.29) is 163 Å². The Hall–Kier alpha value is -13.1. The number of nitrogens with zero attached hydrogens (tertiary/aromatic N) is 6. The molecule has 774 valence electrons. The number of carbonyl (C=O) groups excluding carboxylic acids is 12. The molecular weight excluding hydrogens is 1840 g/mol. The van der Waals surface area contributed by atoms with Crippen LogP contribution in [0.15, 0.2) is 181 Å². The van der Waals surface area contributed by atoms with Crippen molar-refractivity contribution in [2.45, 2.75) is 115 Å². The van der Waals surface area contributed by atoms with Gasteiger partial charge in [-0.2, -0.15) is 0 Å². The standard InChI is InChI=1S/C21H32O9.C18H21N3O9.2C18H30O8.C15H19N3O8/c1-4-19(22)28-13-7-10-25-16-18(27-12-9-15-30-21(24)6-3)17-26-11-8-14-29-20(23)5-2;1-4-13(22)28-10-7-19-16(25)20(8-11-29-14(23)5-2)18(27)21(17(19)26)9-12-30-15(24)6-3;1-3-17(20)25-12-6-9-22-14-16(24-11-5-8-19)15-23-10-7-13-26-18(21)4-2;1-3-17(20)25-12-6-10-23-15-16(14-22-9-5-8-19)24-11-7-13-26-18(21)4-2;1-3-11(20)25-9-6-17-13(22)16(5-8-19)14(23)18(15(17)24)7-10-26-12(21)4-2/h4-6,18H,1-3,7-17H2;4-6H,1-3,7-12H2;2*3-4,16,19H,1-2,5-15H2;3-4,19H,1-2,5-10H2. The molecule has 0 aliphatic carbocycles. The Labute approximate surface area is 796 Å². The first-order valence-electron chi connectivity index (χ1n) is 43.0. The summed E-state index contributed by atoms with van der Waals surface area (Å²) >= 11 is 0. The summed E-state index contributed by atoms with van der Waals surface area (Å²) < 4.78 is 112. The molecule has 3 N–H and O–H groups in total. The second kappa shape index (κ2) is 87.9. The number of rotatable bonds is 78. The van der Waals surface area contributed by atoms with Crippen molar-refractivity contribution in [2.75, 3.05) is 198 Å². The summed E-state index contributed by atoms with van der Waals surface area (Å²) in [4.78, 5) is 207. The first kappa shape index (κ1) is 129. The van der Waals surface area contributed by atoms with E-state index >= 15 is 0 Å². The predicted molar refractivity (Wildman–Crippen MR) is 489 cm³/mol. The molecule has 48 heteroatoms. The highest BCUT2D eigenvalue weighted by Gasteiger charge is 2.21. The monoisotopic (exact) mass is 1970 g/mol. The SMILES string of the molecule is C=CC(=O)OCCCOCC(COCCCO)OCCCOC(=O)C=C.C=CC(=O)OCCCOCC(COCCCOC(=O)C=C)OCCCO.C=CC(=O)OCCCOCC(COCCCOC(=O)C=C)OCCCOC(=O)C=C.C=CC(=O)OCCn1c(=O)n(CCO)c(=O)n(CCOC(=O)C=C)c1=O.C=CC(=O)OCCn1c(=O)n(CCOC(=O)C=C)c(=O)n(CCOC(=O)C=C)c1=O. The Morgan fingerprint density at radius 2 is 0.333 bits per heavy atom. The third-order valence-electron chi connectivity index (χ3n) is 16.0. The van der Waals surface area contributed by atoms with E-state index in [4.69, 9.17) is 115 Å². The molecule has 0 saturated heterocycles. The number of carbonyl (C=O) groups is 12. The largest absolute Gasteiger partial charge is 0.462 e. The molecule has 0 aliphatic heterocycles. The van der Waals surface area contributed by atoms with Crippen LogP contribution in [0.1, 0.15) is 57.8 Å². The van der Waals surface area contributed by atoms with E-state index in [1.807, 2.05) is 0 Å². The van der Waals surface area contributed by atoms with Crippen molar-refractivity contribution in [3.63, 3.8) is 0 Å². The van der Waals surface area contributed by atoms with Crippen LogP contribution in [0, 0.1) is 0 Å². The minimum absolute atomic E-state index is 0.0533. The second-order valence-corrected chi connectivity index (χ2v) is 26.3. The molecule has 1 atom stereocenters. The number of aromatic nitrogens is 6. The molecule has 2 aromatic rings. The number of aliphatic hydroxyl groups is 3. The van der Waals surface area contributed by atoms with Gasteiger partial charge >= 0.3 is 106 Å². The maximum Gasteiger partial charge on any atom is 0.336 e. The van der Waals surface area contributed by atoms with Gasteiger partial charge in [0, 0.05) is 177 Å². The summed E-state index contributed by atoms with van der Waals surface area (Å²) in [5, 5.41) is 26.6. The highest BCUT2D eigenvalue weighted by Crippen LogP contribution is 2.05. The van der Waals surface area contributed by atoms with Gasteiger partial charge in [0.25, 0.3) is 0 Å². The molecule has 0 fully saturated rings. The van der Waals surface area contributed by atoms with Crippen molar-refractivity contribution < 1.29 is 172 Å². The van der Waals surface area contributed by atoms with Crippen molar-refractivity contribution in [1.29, 1.82) is 0 Å². The Bertz CT molecular complexity index is 4150. The Morgan fingerprint density at radius 3 is 0.493 bits per heavy atom. The van der Waals surface area contributed by atoms with Gasteiger partial charge < -0.3 is 115 Å². The first-order valence-corrected chi connectivity index (χ1v) is 43.0. The fourth-order valence-corrected chi connectivity index (χ4v) is 9.34. The highest BCUT2D eigenvalue weighted by atomic mass is 16.6. The average molecular weight is 1970 g/mol. The zero-order valence-corrected chi connectivity index (χ0v) is 77.9. The van der Waals surface area contributed by atoms with Crippen LogP contribution < -0.4 is 34.1 Å². The molecule has 1 unspecified atom stereocenters. The summed E-state index contributed by atoms with van der Waals surface area (Å²) in [6.07, 6.45) is 16.4. The van der Waals surface area contributed by atoms with E-state index < -0.39 is 112 Å². The number of hydrogen-bond donors (Lipinski definition) is 3. The molecule has 0 spiro atoms. The fraction of sp³-hybridized carbons (Fsp3) is 0.533. The number of esters is 12. The second-order valence-electron chi connectivity index (χ2n) is 26.3. The molecule has 2 aromatic heterocycles. The summed E-state index contributed by atoms with van der Waals surface area (Å²) in [5.41, 5.74) is -5.85. The lowest BCUT2D eigenvalue weighted by Crippen LogP contribution is -2.55. The lowest BCUT2D eigenvalue weighted by molar-refractivity contribution is -0.140.